The zero-order valence-corrected chi connectivity index (χ0v) is 12.4. The van der Waals surface area contributed by atoms with E-state index >= 15 is 0 Å². The molecule has 120 valence electrons. The summed E-state index contributed by atoms with van der Waals surface area (Å²) < 4.78 is 5.28. The summed E-state index contributed by atoms with van der Waals surface area (Å²) in [4.78, 5) is 25.2. The number of nitrogens with zero attached hydrogens (tertiary/aromatic N) is 1. The number of hydrogen-bond acceptors (Lipinski definition) is 4. The molecule has 6 heteroatoms. The Hall–Kier alpha value is -2.60. The minimum Gasteiger partial charge on any atom is -0.507 e. The van der Waals surface area contributed by atoms with Crippen LogP contribution >= 0.6 is 0 Å². The van der Waals surface area contributed by atoms with Gasteiger partial charge in [0.25, 0.3) is 5.91 Å². The number of aromatic hydroxyl groups is 1. The molecule has 2 N–H and O–H groups in total. The number of carbonyl (C=O) groups is 2. The van der Waals surface area contributed by atoms with Crippen LogP contribution in [0.5, 0.6) is 5.75 Å². The molecule has 1 fully saturated rings. The zero-order chi connectivity index (χ0) is 16.4. The normalized spacial score (nSPS) is 18.1. The third-order valence-electron chi connectivity index (χ3n) is 3.99. The van der Waals surface area contributed by atoms with Crippen LogP contribution in [0.25, 0.3) is 10.8 Å². The van der Waals surface area contributed by atoms with Gasteiger partial charge in [0.05, 0.1) is 31.2 Å². The summed E-state index contributed by atoms with van der Waals surface area (Å²) in [6.45, 7) is 0.853. The molecule has 0 spiro atoms. The Labute approximate surface area is 132 Å². The van der Waals surface area contributed by atoms with Crippen molar-refractivity contribution in [3.63, 3.8) is 0 Å². The second-order valence-corrected chi connectivity index (χ2v) is 5.54. The van der Waals surface area contributed by atoms with E-state index in [9.17, 15) is 14.7 Å². The molecular formula is C17H17NO5. The van der Waals surface area contributed by atoms with Crippen LogP contribution in [0.3, 0.4) is 0 Å². The summed E-state index contributed by atoms with van der Waals surface area (Å²) in [5, 5.41) is 20.9. The highest BCUT2D eigenvalue weighted by atomic mass is 16.5. The van der Waals surface area contributed by atoms with Gasteiger partial charge in [-0.05, 0) is 22.9 Å². The molecule has 1 saturated heterocycles. The molecule has 0 unspecified atom stereocenters. The summed E-state index contributed by atoms with van der Waals surface area (Å²) in [5.74, 6) is -1.46. The summed E-state index contributed by atoms with van der Waals surface area (Å²) in [5.41, 5.74) is 0.181. The summed E-state index contributed by atoms with van der Waals surface area (Å²) in [6.07, 6.45) is -0.180. The summed E-state index contributed by atoms with van der Waals surface area (Å²) in [6, 6.07) is 10.1. The number of aliphatic carboxylic acids is 1. The number of carbonyl (C=O) groups excluding carboxylic acids is 1. The first kappa shape index (κ1) is 15.3. The van der Waals surface area contributed by atoms with Crippen molar-refractivity contribution in [2.24, 2.45) is 0 Å². The van der Waals surface area contributed by atoms with E-state index < -0.39 is 12.0 Å². The van der Waals surface area contributed by atoms with Gasteiger partial charge in [-0.2, -0.15) is 0 Å². The summed E-state index contributed by atoms with van der Waals surface area (Å²) in [7, 11) is 0. The lowest BCUT2D eigenvalue weighted by atomic mass is 10.0. The van der Waals surface area contributed by atoms with Crippen LogP contribution < -0.4 is 0 Å². The number of fused-ring (bicyclic) bond motifs is 1. The first-order valence-electron chi connectivity index (χ1n) is 7.38. The molecule has 0 bridgehead atoms. The van der Waals surface area contributed by atoms with Crippen LogP contribution in [0.1, 0.15) is 16.8 Å². The predicted octanol–water partition coefficient (Wildman–Crippen LogP) is 1.86. The molecule has 3 rings (SSSR count). The van der Waals surface area contributed by atoms with Gasteiger partial charge >= 0.3 is 5.97 Å². The molecule has 1 aliphatic heterocycles. The Kier molecular flexibility index (Phi) is 4.16. The average molecular weight is 315 g/mol. The highest BCUT2D eigenvalue weighted by molar-refractivity contribution is 6.01. The lowest BCUT2D eigenvalue weighted by Gasteiger charge is -2.35. The highest BCUT2D eigenvalue weighted by Crippen LogP contribution is 2.27. The number of rotatable bonds is 3. The van der Waals surface area contributed by atoms with Crippen molar-refractivity contribution in [3.05, 3.63) is 42.0 Å². The largest absolute Gasteiger partial charge is 0.507 e. The van der Waals surface area contributed by atoms with Crippen LogP contribution in [0.2, 0.25) is 0 Å². The number of hydrogen-bond donors (Lipinski definition) is 2. The molecule has 1 aliphatic rings. The molecule has 1 heterocycles. The molecular weight excluding hydrogens is 298 g/mol. The van der Waals surface area contributed by atoms with E-state index in [2.05, 4.69) is 0 Å². The Morgan fingerprint density at radius 1 is 1.22 bits per heavy atom. The summed E-state index contributed by atoms with van der Waals surface area (Å²) >= 11 is 0. The molecule has 0 aliphatic carbocycles. The van der Waals surface area contributed by atoms with Gasteiger partial charge in [-0.3, -0.25) is 9.59 Å². The van der Waals surface area contributed by atoms with Crippen molar-refractivity contribution in [2.75, 3.05) is 19.8 Å². The molecule has 1 atom stereocenters. The predicted molar refractivity (Wildman–Crippen MR) is 83.5 cm³/mol. The molecule has 0 saturated carbocycles. The molecule has 6 nitrogen and oxygen atoms in total. The van der Waals surface area contributed by atoms with Gasteiger partial charge in [0.1, 0.15) is 5.75 Å². The maximum atomic E-state index is 12.8. The van der Waals surface area contributed by atoms with Crippen LogP contribution in [-0.4, -0.2) is 52.8 Å². The third kappa shape index (κ3) is 3.12. The smallest absolute Gasteiger partial charge is 0.305 e. The number of morpholine rings is 1. The number of phenols is 1. The monoisotopic (exact) mass is 315 g/mol. The number of carboxylic acid groups (broad SMARTS) is 1. The van der Waals surface area contributed by atoms with E-state index in [0.29, 0.717) is 13.2 Å². The van der Waals surface area contributed by atoms with Crippen LogP contribution in [0.4, 0.5) is 0 Å². The zero-order valence-electron chi connectivity index (χ0n) is 12.4. The maximum absolute atomic E-state index is 12.8. The Morgan fingerprint density at radius 2 is 1.91 bits per heavy atom. The lowest BCUT2D eigenvalue weighted by Crippen LogP contribution is -2.49. The Balaban J connectivity index is 1.94. The molecule has 2 aromatic rings. The van der Waals surface area contributed by atoms with Crippen molar-refractivity contribution in [1.29, 1.82) is 0 Å². The standard InChI is InChI=1S/C17H17NO5/c19-15-8-12-4-2-1-3-11(12)7-14(15)17(22)18-5-6-23-10-13(18)9-16(20)21/h1-4,7-8,13,19H,5-6,9-10H2,(H,20,21)/t13-/m0/s1. The average Bonchev–Trinajstić information content (AvgIpc) is 2.53. The fourth-order valence-electron chi connectivity index (χ4n) is 2.85. The second-order valence-electron chi connectivity index (χ2n) is 5.54. The van der Waals surface area contributed by atoms with Gasteiger partial charge in [0.15, 0.2) is 0 Å². The van der Waals surface area contributed by atoms with Gasteiger partial charge in [0, 0.05) is 6.54 Å². The highest BCUT2D eigenvalue weighted by Gasteiger charge is 2.31. The molecule has 0 aromatic heterocycles. The number of ether oxygens (including phenoxy) is 1. The molecule has 1 amide bonds. The van der Waals surface area contributed by atoms with E-state index in [1.165, 1.54) is 4.90 Å². The van der Waals surface area contributed by atoms with E-state index in [-0.39, 0.29) is 30.2 Å². The van der Waals surface area contributed by atoms with Crippen molar-refractivity contribution in [2.45, 2.75) is 12.5 Å². The van der Waals surface area contributed by atoms with Crippen molar-refractivity contribution in [1.82, 2.24) is 4.90 Å². The van der Waals surface area contributed by atoms with Crippen molar-refractivity contribution in [3.8, 4) is 5.75 Å². The van der Waals surface area contributed by atoms with Crippen molar-refractivity contribution < 1.29 is 24.5 Å². The number of phenolic OH excluding ortho intramolecular Hbond substituents is 1. The van der Waals surface area contributed by atoms with Gasteiger partial charge in [-0.15, -0.1) is 0 Å². The SMILES string of the molecule is O=C(O)C[C@H]1COCCN1C(=O)c1cc2ccccc2cc1O. The van der Waals surface area contributed by atoms with Gasteiger partial charge in [0.2, 0.25) is 0 Å². The van der Waals surface area contributed by atoms with Crippen LogP contribution in [-0.2, 0) is 9.53 Å². The molecule has 23 heavy (non-hydrogen) atoms. The Bertz CT molecular complexity index is 758. The first-order valence-corrected chi connectivity index (χ1v) is 7.38. The minimum absolute atomic E-state index is 0.103. The van der Waals surface area contributed by atoms with Gasteiger partial charge in [-0.1, -0.05) is 24.3 Å². The van der Waals surface area contributed by atoms with Crippen LogP contribution in [0, 0.1) is 0 Å². The second kappa shape index (κ2) is 6.26. The quantitative estimate of drug-likeness (QED) is 0.903. The van der Waals surface area contributed by atoms with E-state index in [4.69, 9.17) is 9.84 Å². The van der Waals surface area contributed by atoms with E-state index in [1.807, 2.05) is 24.3 Å². The molecule has 2 aromatic carbocycles. The number of carboxylic acids is 1. The third-order valence-corrected chi connectivity index (χ3v) is 3.99. The molecule has 0 radical (unpaired) electrons. The topological polar surface area (TPSA) is 87.1 Å². The maximum Gasteiger partial charge on any atom is 0.305 e. The Morgan fingerprint density at radius 3 is 2.61 bits per heavy atom. The van der Waals surface area contributed by atoms with Crippen LogP contribution in [0.15, 0.2) is 36.4 Å². The fourth-order valence-corrected chi connectivity index (χ4v) is 2.85. The fraction of sp³-hybridized carbons (Fsp3) is 0.294. The lowest BCUT2D eigenvalue weighted by molar-refractivity contribution is -0.139. The van der Waals surface area contributed by atoms with Gasteiger partial charge < -0.3 is 19.8 Å². The van der Waals surface area contributed by atoms with Gasteiger partial charge in [-0.25, -0.2) is 0 Å². The van der Waals surface area contributed by atoms with Crippen molar-refractivity contribution >= 4 is 22.6 Å². The van der Waals surface area contributed by atoms with E-state index in [1.54, 1.807) is 12.1 Å². The van der Waals surface area contributed by atoms with E-state index in [0.717, 1.165) is 10.8 Å². The number of benzene rings is 2. The minimum atomic E-state index is -0.985. The first-order chi connectivity index (χ1) is 11.1. The number of amides is 1.